The fourth-order valence-electron chi connectivity index (χ4n) is 0.805. The van der Waals surface area contributed by atoms with Crippen LogP contribution in [0.5, 0.6) is 0 Å². The number of hydrogen-bond donors (Lipinski definition) is 1. The molecule has 0 bridgehead atoms. The Kier molecular flexibility index (Phi) is 8.49. The van der Waals surface area contributed by atoms with Crippen molar-refractivity contribution in [3.8, 4) is 0 Å². The SMILES string of the molecule is C/C=N/O/C=C/C(=NC=N)/C(C)=C/OCC. The van der Waals surface area contributed by atoms with E-state index in [-0.39, 0.29) is 0 Å². The van der Waals surface area contributed by atoms with Gasteiger partial charge in [0, 0.05) is 17.9 Å². The number of ether oxygens (including phenoxy) is 1. The Labute approximate surface area is 95.7 Å². The van der Waals surface area contributed by atoms with Gasteiger partial charge in [-0.15, -0.1) is 0 Å². The summed E-state index contributed by atoms with van der Waals surface area (Å²) in [6, 6.07) is 0. The maximum Gasteiger partial charge on any atom is 0.124 e. The van der Waals surface area contributed by atoms with Gasteiger partial charge in [-0.2, -0.15) is 0 Å². The molecule has 0 saturated heterocycles. The third kappa shape index (κ3) is 6.53. The molecule has 0 rings (SSSR count). The summed E-state index contributed by atoms with van der Waals surface area (Å²) in [5.41, 5.74) is 1.40. The molecule has 0 amide bonds. The van der Waals surface area contributed by atoms with E-state index in [9.17, 15) is 0 Å². The predicted molar refractivity (Wildman–Crippen MR) is 66.0 cm³/mol. The molecule has 0 atom stereocenters. The van der Waals surface area contributed by atoms with Crippen LogP contribution in [0.3, 0.4) is 0 Å². The lowest BCUT2D eigenvalue weighted by Crippen LogP contribution is -1.97. The molecular weight excluding hydrogens is 206 g/mol. The van der Waals surface area contributed by atoms with Gasteiger partial charge in [-0.1, -0.05) is 5.16 Å². The molecule has 88 valence electrons. The van der Waals surface area contributed by atoms with E-state index in [4.69, 9.17) is 15.0 Å². The zero-order chi connectivity index (χ0) is 12.2. The molecule has 0 radical (unpaired) electrons. The lowest BCUT2D eigenvalue weighted by Gasteiger charge is -2.00. The molecule has 0 aromatic rings. The topological polar surface area (TPSA) is 67.0 Å². The molecule has 16 heavy (non-hydrogen) atoms. The number of oxime groups is 1. The summed E-state index contributed by atoms with van der Waals surface area (Å²) in [5, 5.41) is 10.5. The van der Waals surface area contributed by atoms with E-state index >= 15 is 0 Å². The molecular formula is C11H17N3O2. The summed E-state index contributed by atoms with van der Waals surface area (Å²) in [6.45, 7) is 6.08. The summed E-state index contributed by atoms with van der Waals surface area (Å²) < 4.78 is 5.13. The second kappa shape index (κ2) is 9.64. The maximum atomic E-state index is 6.94. The van der Waals surface area contributed by atoms with Crippen molar-refractivity contribution in [2.45, 2.75) is 20.8 Å². The Morgan fingerprint density at radius 1 is 1.44 bits per heavy atom. The standard InChI is InChI=1S/C11H17N3O2/c1-4-14-16-7-6-11(13-9-12)10(3)8-15-5-2/h4,6-9,12H,5H2,1-3H3/b7-6+,10-8+,12-9?,13-11?,14-4+. The number of rotatable bonds is 7. The highest BCUT2D eigenvalue weighted by Gasteiger charge is 1.97. The monoisotopic (exact) mass is 223 g/mol. The second-order valence-electron chi connectivity index (χ2n) is 2.67. The first-order valence-corrected chi connectivity index (χ1v) is 4.92. The van der Waals surface area contributed by atoms with Crippen LogP contribution in [-0.4, -0.2) is 24.9 Å². The van der Waals surface area contributed by atoms with Crippen LogP contribution in [-0.2, 0) is 9.57 Å². The van der Waals surface area contributed by atoms with Gasteiger partial charge in [-0.3, -0.25) is 5.41 Å². The second-order valence-corrected chi connectivity index (χ2v) is 2.67. The molecule has 0 unspecified atom stereocenters. The Balaban J connectivity index is 4.55. The predicted octanol–water partition coefficient (Wildman–Crippen LogP) is 2.51. The highest BCUT2D eigenvalue weighted by molar-refractivity contribution is 6.10. The van der Waals surface area contributed by atoms with Crippen LogP contribution < -0.4 is 0 Å². The van der Waals surface area contributed by atoms with Crippen LogP contribution in [0, 0.1) is 5.41 Å². The minimum atomic E-state index is 0.592. The van der Waals surface area contributed by atoms with Crippen LogP contribution >= 0.6 is 0 Å². The van der Waals surface area contributed by atoms with Crippen molar-refractivity contribution >= 4 is 18.3 Å². The third-order valence-corrected chi connectivity index (χ3v) is 1.49. The minimum absolute atomic E-state index is 0.592. The summed E-state index contributed by atoms with van der Waals surface area (Å²) in [4.78, 5) is 8.65. The van der Waals surface area contributed by atoms with Gasteiger partial charge >= 0.3 is 0 Å². The third-order valence-electron chi connectivity index (χ3n) is 1.49. The van der Waals surface area contributed by atoms with E-state index in [1.165, 1.54) is 12.5 Å². The van der Waals surface area contributed by atoms with Gasteiger partial charge in [0.2, 0.25) is 0 Å². The fraction of sp³-hybridized carbons (Fsp3) is 0.364. The average molecular weight is 223 g/mol. The number of allylic oxidation sites excluding steroid dienone is 2. The maximum absolute atomic E-state index is 6.94. The zero-order valence-electron chi connectivity index (χ0n) is 9.80. The van der Waals surface area contributed by atoms with Gasteiger partial charge in [0.05, 0.1) is 18.6 Å². The lowest BCUT2D eigenvalue weighted by atomic mass is 10.2. The molecule has 5 heteroatoms. The Morgan fingerprint density at radius 3 is 2.75 bits per heavy atom. The molecule has 1 N–H and O–H groups in total. The van der Waals surface area contributed by atoms with Crippen molar-refractivity contribution in [3.63, 3.8) is 0 Å². The number of nitrogens with one attached hydrogen (secondary N) is 1. The molecule has 0 spiro atoms. The van der Waals surface area contributed by atoms with Gasteiger partial charge in [0.1, 0.15) is 12.6 Å². The molecule has 0 aliphatic rings. The molecule has 5 nitrogen and oxygen atoms in total. The van der Waals surface area contributed by atoms with Crippen molar-refractivity contribution in [1.29, 1.82) is 5.41 Å². The number of nitrogens with zero attached hydrogens (tertiary/aromatic N) is 2. The fourth-order valence-corrected chi connectivity index (χ4v) is 0.805. The summed E-state index contributed by atoms with van der Waals surface area (Å²) in [6.07, 6.45) is 7.09. The van der Waals surface area contributed by atoms with Gasteiger partial charge in [0.15, 0.2) is 0 Å². The molecule has 0 saturated carbocycles. The zero-order valence-corrected chi connectivity index (χ0v) is 9.80. The minimum Gasteiger partial charge on any atom is -0.501 e. The number of hydrogen-bond acceptors (Lipinski definition) is 4. The highest BCUT2D eigenvalue weighted by atomic mass is 16.6. The highest BCUT2D eigenvalue weighted by Crippen LogP contribution is 2.00. The normalized spacial score (nSPS) is 13.4. The van der Waals surface area contributed by atoms with E-state index in [1.807, 2.05) is 13.8 Å². The lowest BCUT2D eigenvalue weighted by molar-refractivity contribution is 0.267. The first-order chi connectivity index (χ1) is 7.76. The van der Waals surface area contributed by atoms with Crippen molar-refractivity contribution in [3.05, 3.63) is 24.2 Å². The number of aliphatic imine (C=N–C) groups is 1. The van der Waals surface area contributed by atoms with Crippen molar-refractivity contribution in [2.75, 3.05) is 6.61 Å². The van der Waals surface area contributed by atoms with Gasteiger partial charge in [-0.25, -0.2) is 4.99 Å². The van der Waals surface area contributed by atoms with E-state index < -0.39 is 0 Å². The summed E-state index contributed by atoms with van der Waals surface area (Å²) in [7, 11) is 0. The molecule has 0 aliphatic heterocycles. The molecule has 0 aromatic heterocycles. The summed E-state index contributed by atoms with van der Waals surface area (Å²) >= 11 is 0. The first kappa shape index (κ1) is 14.1. The van der Waals surface area contributed by atoms with Crippen molar-refractivity contribution < 1.29 is 9.57 Å². The van der Waals surface area contributed by atoms with Crippen LogP contribution in [0.25, 0.3) is 0 Å². The van der Waals surface area contributed by atoms with E-state index in [1.54, 1.807) is 19.3 Å². The Morgan fingerprint density at radius 2 is 2.19 bits per heavy atom. The van der Waals surface area contributed by atoms with Crippen molar-refractivity contribution in [2.24, 2.45) is 10.1 Å². The Hall–Kier alpha value is -1.91. The first-order valence-electron chi connectivity index (χ1n) is 4.92. The van der Waals surface area contributed by atoms with Gasteiger partial charge in [0.25, 0.3) is 0 Å². The average Bonchev–Trinajstić information content (AvgIpc) is 2.30. The summed E-state index contributed by atoms with van der Waals surface area (Å²) in [5.74, 6) is 0. The molecule has 0 fully saturated rings. The largest absolute Gasteiger partial charge is 0.501 e. The molecule has 0 heterocycles. The van der Waals surface area contributed by atoms with E-state index in [0.717, 1.165) is 11.9 Å². The van der Waals surface area contributed by atoms with Crippen LogP contribution in [0.2, 0.25) is 0 Å². The van der Waals surface area contributed by atoms with Crippen molar-refractivity contribution in [1.82, 2.24) is 0 Å². The van der Waals surface area contributed by atoms with Gasteiger partial charge in [-0.05, 0) is 20.8 Å². The van der Waals surface area contributed by atoms with E-state index in [2.05, 4.69) is 10.1 Å². The van der Waals surface area contributed by atoms with Crippen LogP contribution in [0.4, 0.5) is 0 Å². The molecule has 0 aromatic carbocycles. The molecule has 0 aliphatic carbocycles. The van der Waals surface area contributed by atoms with Crippen LogP contribution in [0.15, 0.2) is 34.3 Å². The smallest absolute Gasteiger partial charge is 0.124 e. The Bertz CT molecular complexity index is 317. The van der Waals surface area contributed by atoms with Crippen LogP contribution in [0.1, 0.15) is 20.8 Å². The quantitative estimate of drug-likeness (QED) is 0.312. The van der Waals surface area contributed by atoms with Gasteiger partial charge < -0.3 is 9.57 Å². The van der Waals surface area contributed by atoms with E-state index in [0.29, 0.717) is 12.3 Å².